The first-order valence-electron chi connectivity index (χ1n) is 8.69. The van der Waals surface area contributed by atoms with Gasteiger partial charge in [0.25, 0.3) is 5.91 Å². The van der Waals surface area contributed by atoms with Crippen molar-refractivity contribution in [3.05, 3.63) is 47.3 Å². The maximum Gasteiger partial charge on any atom is 0.273 e. The molecule has 0 saturated heterocycles. The molecule has 138 valence electrons. The molecule has 1 amide bonds. The second-order valence-corrected chi connectivity index (χ2v) is 6.53. The summed E-state index contributed by atoms with van der Waals surface area (Å²) in [7, 11) is 0. The smallest absolute Gasteiger partial charge is 0.273 e. The third kappa shape index (κ3) is 4.70. The van der Waals surface area contributed by atoms with Crippen LogP contribution in [0, 0.1) is 0 Å². The molecule has 0 bridgehead atoms. The summed E-state index contributed by atoms with van der Waals surface area (Å²) in [6, 6.07) is 8.41. The molecule has 1 saturated carbocycles. The number of nitrogens with one attached hydrogen (secondary N) is 1. The molecular formula is C19H22N2O5. The van der Waals surface area contributed by atoms with Gasteiger partial charge in [-0.15, -0.1) is 0 Å². The van der Waals surface area contributed by atoms with Gasteiger partial charge in [-0.25, -0.2) is 0 Å². The molecule has 7 nitrogen and oxygen atoms in total. The first-order chi connectivity index (χ1) is 12.5. The van der Waals surface area contributed by atoms with Crippen molar-refractivity contribution in [3.63, 3.8) is 0 Å². The van der Waals surface area contributed by atoms with Crippen molar-refractivity contribution < 1.29 is 24.0 Å². The number of hydrogen-bond acceptors (Lipinski definition) is 6. The third-order valence-corrected chi connectivity index (χ3v) is 4.47. The molecule has 1 aliphatic carbocycles. The van der Waals surface area contributed by atoms with Gasteiger partial charge in [0.1, 0.15) is 12.4 Å². The second-order valence-electron chi connectivity index (χ2n) is 6.53. The number of aliphatic hydroxyl groups excluding tert-OH is 1. The average molecular weight is 358 g/mol. The van der Waals surface area contributed by atoms with E-state index in [4.69, 9.17) is 9.26 Å². The maximum absolute atomic E-state index is 12.2. The Morgan fingerprint density at radius 1 is 1.23 bits per heavy atom. The van der Waals surface area contributed by atoms with E-state index >= 15 is 0 Å². The Bertz CT molecular complexity index is 760. The molecule has 3 rings (SSSR count). The van der Waals surface area contributed by atoms with Crippen LogP contribution in [0.15, 0.2) is 34.9 Å². The highest BCUT2D eigenvalue weighted by Crippen LogP contribution is 2.19. The molecule has 26 heavy (non-hydrogen) atoms. The van der Waals surface area contributed by atoms with Crippen LogP contribution in [0.5, 0.6) is 5.75 Å². The number of carbonyl (C=O) groups is 2. The van der Waals surface area contributed by atoms with E-state index in [2.05, 4.69) is 10.5 Å². The van der Waals surface area contributed by atoms with Crippen molar-refractivity contribution in [2.24, 2.45) is 0 Å². The van der Waals surface area contributed by atoms with E-state index < -0.39 is 0 Å². The molecule has 1 aromatic heterocycles. The van der Waals surface area contributed by atoms with E-state index in [9.17, 15) is 14.7 Å². The highest BCUT2D eigenvalue weighted by atomic mass is 16.5. The number of rotatable bonds is 6. The minimum Gasteiger partial charge on any atom is -0.486 e. The Kier molecular flexibility index (Phi) is 5.68. The molecular weight excluding hydrogens is 336 g/mol. The van der Waals surface area contributed by atoms with Crippen LogP contribution in [0.4, 0.5) is 0 Å². The maximum atomic E-state index is 12.2. The fourth-order valence-corrected chi connectivity index (χ4v) is 2.91. The van der Waals surface area contributed by atoms with Gasteiger partial charge in [-0.3, -0.25) is 9.59 Å². The molecule has 0 aliphatic heterocycles. The Hall–Kier alpha value is -2.67. The van der Waals surface area contributed by atoms with Gasteiger partial charge >= 0.3 is 0 Å². The third-order valence-electron chi connectivity index (χ3n) is 4.47. The van der Waals surface area contributed by atoms with Crippen LogP contribution in [0.25, 0.3) is 0 Å². The fourth-order valence-electron chi connectivity index (χ4n) is 2.91. The number of ketones is 1. The number of carbonyl (C=O) groups excluding carboxylic acids is 2. The predicted octanol–water partition coefficient (Wildman–Crippen LogP) is 2.49. The van der Waals surface area contributed by atoms with Gasteiger partial charge in [0, 0.05) is 17.7 Å². The SMILES string of the molecule is CC(=O)c1ccc(OCc2cc(C(=O)NC3CCC(O)CC3)no2)cc1. The summed E-state index contributed by atoms with van der Waals surface area (Å²) in [5.41, 5.74) is 0.827. The number of aromatic nitrogens is 1. The van der Waals surface area contributed by atoms with Crippen LogP contribution in [0.3, 0.4) is 0 Å². The zero-order valence-corrected chi connectivity index (χ0v) is 14.6. The summed E-state index contributed by atoms with van der Waals surface area (Å²) in [6.07, 6.45) is 2.66. The van der Waals surface area contributed by atoms with Crippen molar-refractivity contribution in [1.29, 1.82) is 0 Å². The lowest BCUT2D eigenvalue weighted by Crippen LogP contribution is -2.38. The van der Waals surface area contributed by atoms with Gasteiger partial charge < -0.3 is 19.7 Å². The number of hydrogen-bond donors (Lipinski definition) is 2. The summed E-state index contributed by atoms with van der Waals surface area (Å²) in [5, 5.41) is 16.2. The normalized spacial score (nSPS) is 19.8. The molecule has 7 heteroatoms. The zero-order chi connectivity index (χ0) is 18.5. The molecule has 1 aromatic carbocycles. The van der Waals surface area contributed by atoms with Crippen LogP contribution in [-0.4, -0.2) is 34.1 Å². The lowest BCUT2D eigenvalue weighted by molar-refractivity contribution is 0.0859. The van der Waals surface area contributed by atoms with Crippen LogP contribution >= 0.6 is 0 Å². The summed E-state index contributed by atoms with van der Waals surface area (Å²) in [5.74, 6) is 0.741. The molecule has 1 aliphatic rings. The molecule has 1 fully saturated rings. The molecule has 2 N–H and O–H groups in total. The van der Waals surface area contributed by atoms with E-state index in [0.717, 1.165) is 12.8 Å². The highest BCUT2D eigenvalue weighted by molar-refractivity contribution is 5.94. The number of amides is 1. The van der Waals surface area contributed by atoms with Crippen molar-refractivity contribution in [1.82, 2.24) is 10.5 Å². The lowest BCUT2D eigenvalue weighted by Gasteiger charge is -2.25. The largest absolute Gasteiger partial charge is 0.486 e. The number of nitrogens with zero attached hydrogens (tertiary/aromatic N) is 1. The predicted molar refractivity (Wildman–Crippen MR) is 93.0 cm³/mol. The topological polar surface area (TPSA) is 102 Å². The van der Waals surface area contributed by atoms with E-state index in [1.807, 2.05) is 0 Å². The van der Waals surface area contributed by atoms with Crippen molar-refractivity contribution in [2.75, 3.05) is 0 Å². The quantitative estimate of drug-likeness (QED) is 0.769. The Morgan fingerprint density at radius 2 is 1.92 bits per heavy atom. The minimum atomic E-state index is -0.285. The Morgan fingerprint density at radius 3 is 2.58 bits per heavy atom. The summed E-state index contributed by atoms with van der Waals surface area (Å²) in [6.45, 7) is 1.64. The monoisotopic (exact) mass is 358 g/mol. The number of benzene rings is 1. The van der Waals surface area contributed by atoms with Crippen LogP contribution in [0.2, 0.25) is 0 Å². The van der Waals surface area contributed by atoms with Crippen LogP contribution < -0.4 is 10.1 Å². The van der Waals surface area contributed by atoms with Gasteiger partial charge in [-0.1, -0.05) is 5.16 Å². The fraction of sp³-hybridized carbons (Fsp3) is 0.421. The van der Waals surface area contributed by atoms with Crippen molar-refractivity contribution in [3.8, 4) is 5.75 Å². The van der Waals surface area contributed by atoms with E-state index in [-0.39, 0.29) is 36.1 Å². The molecule has 0 radical (unpaired) electrons. The molecule has 1 heterocycles. The molecule has 0 atom stereocenters. The lowest BCUT2D eigenvalue weighted by atomic mass is 9.93. The Balaban J connectivity index is 1.51. The van der Waals surface area contributed by atoms with Gasteiger partial charge in [-0.05, 0) is 56.9 Å². The zero-order valence-electron chi connectivity index (χ0n) is 14.6. The number of Topliss-reactive ketones (excluding diaryl/α,β-unsaturated/α-hetero) is 1. The number of ether oxygens (including phenoxy) is 1. The van der Waals surface area contributed by atoms with E-state index in [0.29, 0.717) is 29.9 Å². The first kappa shape index (κ1) is 18.1. The van der Waals surface area contributed by atoms with Gasteiger partial charge in [0.15, 0.2) is 17.2 Å². The second kappa shape index (κ2) is 8.14. The minimum absolute atomic E-state index is 0.00471. The van der Waals surface area contributed by atoms with E-state index in [1.54, 1.807) is 30.3 Å². The highest BCUT2D eigenvalue weighted by Gasteiger charge is 2.22. The van der Waals surface area contributed by atoms with Crippen molar-refractivity contribution in [2.45, 2.75) is 51.4 Å². The van der Waals surface area contributed by atoms with E-state index in [1.165, 1.54) is 6.92 Å². The van der Waals surface area contributed by atoms with Crippen LogP contribution in [0.1, 0.15) is 59.2 Å². The molecule has 2 aromatic rings. The van der Waals surface area contributed by atoms with Crippen LogP contribution in [-0.2, 0) is 6.61 Å². The van der Waals surface area contributed by atoms with Gasteiger partial charge in [0.05, 0.1) is 6.10 Å². The standard InChI is InChI=1S/C19H22N2O5/c1-12(22)13-2-8-16(9-3-13)25-11-17-10-18(21-26-17)19(24)20-14-4-6-15(23)7-5-14/h2-3,8-10,14-15,23H,4-7,11H2,1H3,(H,20,24). The average Bonchev–Trinajstić information content (AvgIpc) is 3.11. The van der Waals surface area contributed by atoms with Crippen molar-refractivity contribution >= 4 is 11.7 Å². The Labute approximate surface area is 151 Å². The molecule has 0 unspecified atom stereocenters. The van der Waals surface area contributed by atoms with Gasteiger partial charge in [0.2, 0.25) is 0 Å². The first-order valence-corrected chi connectivity index (χ1v) is 8.69. The summed E-state index contributed by atoms with van der Waals surface area (Å²) < 4.78 is 10.7. The summed E-state index contributed by atoms with van der Waals surface area (Å²) >= 11 is 0. The number of aliphatic hydroxyl groups is 1. The molecule has 0 spiro atoms. The summed E-state index contributed by atoms with van der Waals surface area (Å²) in [4.78, 5) is 23.5. The van der Waals surface area contributed by atoms with Gasteiger partial charge in [-0.2, -0.15) is 0 Å².